The molecule has 3 aromatic rings. The van der Waals surface area contributed by atoms with Crippen molar-refractivity contribution in [2.75, 3.05) is 0 Å². The van der Waals surface area contributed by atoms with Crippen LogP contribution in [0.25, 0.3) is 22.4 Å². The number of nitrogens with one attached hydrogen (secondary N) is 1. The monoisotopic (exact) mass is 562 g/mol. The van der Waals surface area contributed by atoms with Gasteiger partial charge < -0.3 is 15.2 Å². The van der Waals surface area contributed by atoms with Gasteiger partial charge in [-0.2, -0.15) is 0 Å². The van der Waals surface area contributed by atoms with Crippen molar-refractivity contribution in [2.45, 2.75) is 51.4 Å². The van der Waals surface area contributed by atoms with E-state index in [-0.39, 0.29) is 6.04 Å². The maximum atomic E-state index is 12.7. The Morgan fingerprint density at radius 1 is 1.12 bits per heavy atom. The van der Waals surface area contributed by atoms with Gasteiger partial charge in [-0.1, -0.05) is 57.3 Å². The fourth-order valence-electron chi connectivity index (χ4n) is 3.95. The second-order valence-corrected chi connectivity index (χ2v) is 11.3. The summed E-state index contributed by atoms with van der Waals surface area (Å²) in [4.78, 5) is 17.6. The minimum absolute atomic E-state index is 0.390. The van der Waals surface area contributed by atoms with E-state index in [1.54, 1.807) is 0 Å². The van der Waals surface area contributed by atoms with Crippen LogP contribution in [-0.4, -0.2) is 27.2 Å². The zero-order valence-corrected chi connectivity index (χ0v) is 22.3. The number of halogens is 3. The number of rotatable bonds is 4. The number of benzene rings is 2. The summed E-state index contributed by atoms with van der Waals surface area (Å²) in [6, 6.07) is 14.6. The third kappa shape index (κ3) is 5.25. The fraction of sp³-hybridized carbons (Fsp3) is 0.308. The first-order valence-corrected chi connectivity index (χ1v) is 12.4. The second-order valence-electron chi connectivity index (χ2n) is 9.56. The first kappa shape index (κ1) is 25.0. The molecule has 4 rings (SSSR count). The van der Waals surface area contributed by atoms with Crippen molar-refractivity contribution < 1.29 is 14.6 Å². The van der Waals surface area contributed by atoms with E-state index in [0.717, 1.165) is 26.7 Å². The topological polar surface area (TPSA) is 71.5 Å². The lowest BCUT2D eigenvalue weighted by Gasteiger charge is -2.38. The smallest absolute Gasteiger partial charge is 0.251 e. The van der Waals surface area contributed by atoms with Crippen LogP contribution in [0, 0.1) is 0 Å². The molecule has 178 valence electrons. The largest absolute Gasteiger partial charge is 0.471 e. The van der Waals surface area contributed by atoms with Gasteiger partial charge in [0.15, 0.2) is 0 Å². The van der Waals surface area contributed by atoms with E-state index in [9.17, 15) is 9.90 Å². The van der Waals surface area contributed by atoms with E-state index in [0.29, 0.717) is 28.0 Å². The first-order chi connectivity index (χ1) is 15.8. The lowest BCUT2D eigenvalue weighted by Crippen LogP contribution is -2.47. The molecule has 1 amide bonds. The van der Waals surface area contributed by atoms with Crippen molar-refractivity contribution >= 4 is 45.0 Å². The number of ether oxygens (including phenoxy) is 1. The Balaban J connectivity index is 1.93. The van der Waals surface area contributed by atoms with Gasteiger partial charge in [0.25, 0.3) is 5.91 Å². The number of carbonyl (C=O) groups excluding carboxylic acids is 1. The average molecular weight is 564 g/mol. The van der Waals surface area contributed by atoms with Crippen LogP contribution in [0.5, 0.6) is 5.88 Å². The summed E-state index contributed by atoms with van der Waals surface area (Å²) in [5.74, 6) is -0.0226. The highest BCUT2D eigenvalue weighted by atomic mass is 79.9. The molecule has 1 unspecified atom stereocenters. The van der Waals surface area contributed by atoms with Crippen LogP contribution in [0.4, 0.5) is 0 Å². The Morgan fingerprint density at radius 3 is 2.38 bits per heavy atom. The van der Waals surface area contributed by atoms with Crippen LogP contribution in [0.3, 0.4) is 0 Å². The summed E-state index contributed by atoms with van der Waals surface area (Å²) in [6.45, 7) is 6.83. The van der Waals surface area contributed by atoms with Gasteiger partial charge in [-0.15, -0.1) is 0 Å². The van der Waals surface area contributed by atoms with Crippen molar-refractivity contribution in [1.82, 2.24) is 10.3 Å². The number of aliphatic hydroxyl groups is 1. The molecule has 34 heavy (non-hydrogen) atoms. The van der Waals surface area contributed by atoms with Gasteiger partial charge in [-0.05, 0) is 63.6 Å². The fourth-order valence-corrected chi connectivity index (χ4v) is 4.94. The number of amides is 1. The average Bonchev–Trinajstić information content (AvgIpc) is 2.72. The Kier molecular flexibility index (Phi) is 6.73. The predicted molar refractivity (Wildman–Crippen MR) is 139 cm³/mol. The van der Waals surface area contributed by atoms with E-state index in [4.69, 9.17) is 32.9 Å². The number of hydrogen-bond acceptors (Lipinski definition) is 4. The zero-order valence-electron chi connectivity index (χ0n) is 19.2. The summed E-state index contributed by atoms with van der Waals surface area (Å²) in [7, 11) is 0. The minimum Gasteiger partial charge on any atom is -0.471 e. The quantitative estimate of drug-likeness (QED) is 0.359. The number of fused-ring (bicyclic) bond motifs is 1. The molecular weight excluding hydrogens is 539 g/mol. The molecule has 0 aliphatic carbocycles. The van der Waals surface area contributed by atoms with Crippen LogP contribution >= 0.6 is 39.1 Å². The van der Waals surface area contributed by atoms with Gasteiger partial charge in [0, 0.05) is 37.6 Å². The maximum absolute atomic E-state index is 12.7. The third-order valence-corrected chi connectivity index (χ3v) is 6.80. The maximum Gasteiger partial charge on any atom is 0.251 e. The molecule has 0 fully saturated rings. The molecule has 0 saturated heterocycles. The number of aromatic nitrogens is 1. The second kappa shape index (κ2) is 9.15. The molecule has 2 N–H and O–H groups in total. The molecular formula is C26H25BrCl2N2O3. The molecule has 1 aliphatic rings. The SMILES string of the molecule is CC1(C)CC(NC(=O)C(C)(C)O)c2cc(-c3ccc(Cl)cc3)c(-c3ccc(Cl)cc3Br)nc2O1. The van der Waals surface area contributed by atoms with Gasteiger partial charge in [-0.3, -0.25) is 4.79 Å². The van der Waals surface area contributed by atoms with Crippen molar-refractivity contribution in [2.24, 2.45) is 0 Å². The Labute approximate surface area is 217 Å². The molecule has 1 aliphatic heterocycles. The molecule has 0 saturated carbocycles. The van der Waals surface area contributed by atoms with Crippen LogP contribution < -0.4 is 10.1 Å². The highest BCUT2D eigenvalue weighted by Gasteiger charge is 2.38. The lowest BCUT2D eigenvalue weighted by molar-refractivity contribution is -0.137. The molecule has 2 aromatic carbocycles. The van der Waals surface area contributed by atoms with Crippen LogP contribution in [0.2, 0.25) is 10.0 Å². The molecule has 8 heteroatoms. The zero-order chi connectivity index (χ0) is 24.8. The van der Waals surface area contributed by atoms with Crippen LogP contribution in [0.1, 0.15) is 45.7 Å². The summed E-state index contributed by atoms with van der Waals surface area (Å²) in [6.07, 6.45) is 0.521. The molecule has 5 nitrogen and oxygen atoms in total. The Morgan fingerprint density at radius 2 is 1.76 bits per heavy atom. The Bertz CT molecular complexity index is 1250. The lowest BCUT2D eigenvalue weighted by atomic mass is 9.88. The van der Waals surface area contributed by atoms with Gasteiger partial charge in [-0.25, -0.2) is 4.98 Å². The molecule has 0 spiro atoms. The van der Waals surface area contributed by atoms with Crippen molar-refractivity contribution in [3.63, 3.8) is 0 Å². The highest BCUT2D eigenvalue weighted by molar-refractivity contribution is 9.10. The molecule has 0 radical (unpaired) electrons. The highest BCUT2D eigenvalue weighted by Crippen LogP contribution is 2.45. The molecule has 1 aromatic heterocycles. The molecule has 0 bridgehead atoms. The number of pyridine rings is 1. The standard InChI is InChI=1S/C26H25BrCl2N2O3/c1-25(2)13-21(30-24(32)26(3,4)33)19-12-18(14-5-7-15(28)8-6-14)22(31-23(19)34-25)17-10-9-16(29)11-20(17)27/h5-12,21,33H,13H2,1-4H3,(H,30,32). The molecule has 2 heterocycles. The van der Waals surface area contributed by atoms with E-state index in [1.165, 1.54) is 13.8 Å². The van der Waals surface area contributed by atoms with Crippen LogP contribution in [0.15, 0.2) is 53.0 Å². The summed E-state index contributed by atoms with van der Waals surface area (Å²) in [5.41, 5.74) is 1.97. The van der Waals surface area contributed by atoms with Gasteiger partial charge in [0.1, 0.15) is 11.2 Å². The predicted octanol–water partition coefficient (Wildman–Crippen LogP) is 6.97. The van der Waals surface area contributed by atoms with E-state index in [2.05, 4.69) is 21.2 Å². The Hall–Kier alpha value is -2.12. The summed E-state index contributed by atoms with van der Waals surface area (Å²) in [5, 5.41) is 14.4. The number of carbonyl (C=O) groups is 1. The van der Waals surface area contributed by atoms with Crippen molar-refractivity contribution in [3.05, 3.63) is 68.6 Å². The van der Waals surface area contributed by atoms with E-state index >= 15 is 0 Å². The minimum atomic E-state index is -1.51. The summed E-state index contributed by atoms with van der Waals surface area (Å²) < 4.78 is 7.06. The number of hydrogen-bond donors (Lipinski definition) is 2. The molecule has 1 atom stereocenters. The van der Waals surface area contributed by atoms with Gasteiger partial charge in [0.05, 0.1) is 11.7 Å². The number of nitrogens with zero attached hydrogens (tertiary/aromatic N) is 1. The van der Waals surface area contributed by atoms with E-state index < -0.39 is 17.1 Å². The third-order valence-electron chi connectivity index (χ3n) is 5.66. The van der Waals surface area contributed by atoms with Crippen molar-refractivity contribution in [3.8, 4) is 28.3 Å². The first-order valence-electron chi connectivity index (χ1n) is 10.8. The van der Waals surface area contributed by atoms with Crippen molar-refractivity contribution in [1.29, 1.82) is 0 Å². The van der Waals surface area contributed by atoms with Gasteiger partial charge in [0.2, 0.25) is 5.88 Å². The summed E-state index contributed by atoms with van der Waals surface area (Å²) >= 11 is 15.9. The van der Waals surface area contributed by atoms with E-state index in [1.807, 2.05) is 62.4 Å². The van der Waals surface area contributed by atoms with Crippen LogP contribution in [-0.2, 0) is 4.79 Å². The van der Waals surface area contributed by atoms with Gasteiger partial charge >= 0.3 is 0 Å². The normalized spacial score (nSPS) is 17.0.